The van der Waals surface area contributed by atoms with Crippen LogP contribution in [-0.4, -0.2) is 77.4 Å². The van der Waals surface area contributed by atoms with Crippen molar-refractivity contribution < 1.29 is 58.6 Å². The van der Waals surface area contributed by atoms with E-state index in [9.17, 15) is 19.5 Å². The van der Waals surface area contributed by atoms with E-state index in [1.807, 2.05) is 0 Å². The number of hydrogen-bond acceptors (Lipinski definition) is 11. The number of β-lactam (4-membered cyclic amide) rings is 1. The van der Waals surface area contributed by atoms with Crippen LogP contribution >= 0.6 is 23.1 Å². The number of amides is 2. The Bertz CT molecular complexity index is 852. The number of ether oxygens (including phenoxy) is 1. The monoisotopic (exact) mass is 465 g/mol. The zero-order valence-electron chi connectivity index (χ0n) is 16.7. The molecule has 0 bridgehead atoms. The second kappa shape index (κ2) is 10.3. The van der Waals surface area contributed by atoms with Crippen molar-refractivity contribution in [3.8, 4) is 0 Å². The minimum Gasteiger partial charge on any atom is -0.549 e. The molecule has 0 spiro atoms. The summed E-state index contributed by atoms with van der Waals surface area (Å²) in [6.07, 6.45) is 0. The first kappa shape index (κ1) is 24.9. The maximum atomic E-state index is 12.7. The van der Waals surface area contributed by atoms with Gasteiger partial charge in [-0.1, -0.05) is 5.16 Å². The second-order valence-electron chi connectivity index (χ2n) is 6.55. The molecular formula is C16H20N5NaO6S2. The van der Waals surface area contributed by atoms with Crippen molar-refractivity contribution in [2.45, 2.75) is 18.3 Å². The number of carboxylic acids is 1. The second-order valence-corrected chi connectivity index (χ2v) is 8.54. The first-order valence-electron chi connectivity index (χ1n) is 8.67. The molecule has 2 fully saturated rings. The molecule has 3 N–H and O–H groups in total. The number of nitrogen functional groups attached to an aromatic ring is 1. The van der Waals surface area contributed by atoms with Crippen LogP contribution in [0.4, 0.5) is 5.13 Å². The van der Waals surface area contributed by atoms with Crippen LogP contribution in [-0.2, 0) is 24.0 Å². The molecular weight excluding hydrogens is 445 g/mol. The van der Waals surface area contributed by atoms with E-state index in [1.165, 1.54) is 23.8 Å². The van der Waals surface area contributed by atoms with Crippen molar-refractivity contribution in [2.75, 3.05) is 38.4 Å². The van der Waals surface area contributed by atoms with Crippen molar-refractivity contribution in [2.24, 2.45) is 10.6 Å². The number of carbonyl (C=O) groups excluding carboxylic acids is 3. The molecule has 0 aliphatic carbocycles. The quantitative estimate of drug-likeness (QED) is 0.166. The number of nitrogens with one attached hydrogen (secondary N) is 1. The number of carbonyl (C=O) groups is 3. The largest absolute Gasteiger partial charge is 1.00 e. The zero-order valence-corrected chi connectivity index (χ0v) is 20.4. The number of anilines is 1. The Kier molecular flexibility index (Phi) is 8.53. The number of rotatable bonds is 8. The normalized spacial score (nSPS) is 25.6. The molecule has 2 unspecified atom stereocenters. The van der Waals surface area contributed by atoms with E-state index in [-0.39, 0.29) is 82.9 Å². The van der Waals surface area contributed by atoms with Gasteiger partial charge in [0.25, 0.3) is 5.91 Å². The number of nitrogens with two attached hydrogens (primary N) is 1. The van der Waals surface area contributed by atoms with Gasteiger partial charge in [-0.25, -0.2) is 4.98 Å². The number of hydrogen-bond donors (Lipinski definition) is 2. The zero-order chi connectivity index (χ0) is 21.2. The van der Waals surface area contributed by atoms with Gasteiger partial charge < -0.3 is 35.4 Å². The van der Waals surface area contributed by atoms with Gasteiger partial charge in [-0.05, 0) is 6.92 Å². The molecule has 2 aliphatic heterocycles. The van der Waals surface area contributed by atoms with Crippen LogP contribution in [0, 0.1) is 5.41 Å². The molecule has 2 aliphatic rings. The molecule has 2 amide bonds. The summed E-state index contributed by atoms with van der Waals surface area (Å²) in [6.45, 7) is 1.86. The summed E-state index contributed by atoms with van der Waals surface area (Å²) >= 11 is 2.40. The van der Waals surface area contributed by atoms with Crippen LogP contribution in [0.3, 0.4) is 0 Å². The summed E-state index contributed by atoms with van der Waals surface area (Å²) in [5, 5.41) is 19.5. The number of oxime groups is 1. The fourth-order valence-corrected chi connectivity index (χ4v) is 5.18. The Labute approximate surface area is 203 Å². The van der Waals surface area contributed by atoms with Crippen LogP contribution in [0.2, 0.25) is 0 Å². The molecule has 3 heterocycles. The summed E-state index contributed by atoms with van der Waals surface area (Å²) < 4.78 is 5.01. The summed E-state index contributed by atoms with van der Waals surface area (Å²) in [6, 6.07) is -0.808. The van der Waals surface area contributed by atoms with Crippen LogP contribution in [0.15, 0.2) is 10.5 Å². The fraction of sp³-hybridized carbons (Fsp3) is 0.562. The first-order chi connectivity index (χ1) is 13.8. The average molecular weight is 465 g/mol. The molecule has 1 aromatic heterocycles. The van der Waals surface area contributed by atoms with Gasteiger partial charge >= 0.3 is 29.6 Å². The van der Waals surface area contributed by atoms with Crippen LogP contribution < -0.4 is 45.7 Å². The standard InChI is InChI=1S/C16H21N5O6S2.Na/c1-3-27-20-9(8-4-28-15(17)18-8)11(22)19-10-12(23)21-5-16(6-26-2,14(24)25)7-29-13(10)21;/h4,10,13H,3,5-7H2,1-2H3,(H2,17,18)(H,19,22)(H,24,25);/q;+1/p-1/t10?,13-,16?;/m1./s1. The molecule has 0 radical (unpaired) electrons. The van der Waals surface area contributed by atoms with Gasteiger partial charge in [-0.15, -0.1) is 23.1 Å². The molecule has 2 saturated heterocycles. The van der Waals surface area contributed by atoms with Crippen molar-refractivity contribution in [3.63, 3.8) is 0 Å². The molecule has 3 rings (SSSR count). The molecule has 3 atom stereocenters. The number of nitrogens with zero attached hydrogens (tertiary/aromatic N) is 3. The third kappa shape index (κ3) is 4.75. The number of carboxylic acid groups (broad SMARTS) is 1. The first-order valence-corrected chi connectivity index (χ1v) is 10.6. The van der Waals surface area contributed by atoms with Crippen LogP contribution in [0.1, 0.15) is 12.6 Å². The van der Waals surface area contributed by atoms with E-state index in [1.54, 1.807) is 12.3 Å². The number of thiazole rings is 1. The van der Waals surface area contributed by atoms with E-state index in [0.717, 1.165) is 11.3 Å². The Morgan fingerprint density at radius 1 is 1.53 bits per heavy atom. The maximum Gasteiger partial charge on any atom is 1.00 e. The van der Waals surface area contributed by atoms with Crippen LogP contribution in [0.25, 0.3) is 0 Å². The number of methoxy groups -OCH3 is 1. The summed E-state index contributed by atoms with van der Waals surface area (Å²) in [7, 11) is 1.40. The van der Waals surface area contributed by atoms with Gasteiger partial charge in [0.2, 0.25) is 5.91 Å². The fourth-order valence-electron chi connectivity index (χ4n) is 3.11. The predicted molar refractivity (Wildman–Crippen MR) is 104 cm³/mol. The summed E-state index contributed by atoms with van der Waals surface area (Å²) in [5.74, 6) is -2.08. The van der Waals surface area contributed by atoms with Crippen molar-refractivity contribution >= 4 is 51.7 Å². The Morgan fingerprint density at radius 3 is 2.83 bits per heavy atom. The van der Waals surface area contributed by atoms with Crippen LogP contribution in [0.5, 0.6) is 0 Å². The molecule has 0 aromatic carbocycles. The topological polar surface area (TPSA) is 159 Å². The smallest absolute Gasteiger partial charge is 0.549 e. The predicted octanol–water partition coefficient (Wildman–Crippen LogP) is -4.75. The average Bonchev–Trinajstić information content (AvgIpc) is 3.12. The molecule has 0 saturated carbocycles. The van der Waals surface area contributed by atoms with Gasteiger partial charge in [-0.3, -0.25) is 9.59 Å². The molecule has 30 heavy (non-hydrogen) atoms. The maximum absolute atomic E-state index is 12.7. The third-order valence-electron chi connectivity index (χ3n) is 4.55. The molecule has 1 aromatic rings. The van der Waals surface area contributed by atoms with Crippen molar-refractivity contribution in [1.29, 1.82) is 0 Å². The van der Waals surface area contributed by atoms with Gasteiger partial charge in [-0.2, -0.15) is 0 Å². The number of thioether (sulfide) groups is 1. The number of fused-ring (bicyclic) bond motifs is 1. The molecule has 158 valence electrons. The van der Waals surface area contributed by atoms with Gasteiger partial charge in [0.15, 0.2) is 10.8 Å². The Hall–Kier alpha value is -1.38. The van der Waals surface area contributed by atoms with Gasteiger partial charge in [0.1, 0.15) is 23.7 Å². The third-order valence-corrected chi connectivity index (χ3v) is 6.81. The van der Waals surface area contributed by atoms with Crippen molar-refractivity contribution in [3.05, 3.63) is 11.1 Å². The number of aliphatic carboxylic acids is 1. The SMILES string of the molecule is CCON=C(C(=O)NC1C(=O)N2CC(COC)(C(=O)[O-])CS[C@H]12)c1csc(N)n1.[Na+]. The van der Waals surface area contributed by atoms with Gasteiger partial charge in [0, 0.05) is 24.8 Å². The van der Waals surface area contributed by atoms with Crippen molar-refractivity contribution in [1.82, 2.24) is 15.2 Å². The van der Waals surface area contributed by atoms with E-state index in [4.69, 9.17) is 15.3 Å². The summed E-state index contributed by atoms with van der Waals surface area (Å²) in [5.41, 5.74) is 4.50. The minimum absolute atomic E-state index is 0. The van der Waals surface area contributed by atoms with E-state index in [0.29, 0.717) is 0 Å². The van der Waals surface area contributed by atoms with E-state index < -0.39 is 23.3 Å². The van der Waals surface area contributed by atoms with E-state index >= 15 is 0 Å². The number of aromatic nitrogens is 1. The summed E-state index contributed by atoms with van der Waals surface area (Å²) in [4.78, 5) is 47.3. The Morgan fingerprint density at radius 2 is 2.27 bits per heavy atom. The van der Waals surface area contributed by atoms with Gasteiger partial charge in [0.05, 0.1) is 18.0 Å². The Balaban J connectivity index is 0.00000320. The molecule has 14 heteroatoms. The molecule has 11 nitrogen and oxygen atoms in total. The minimum atomic E-state index is -1.28. The van der Waals surface area contributed by atoms with E-state index in [2.05, 4.69) is 15.5 Å².